The third-order valence-electron chi connectivity index (χ3n) is 8.64. The van der Waals surface area contributed by atoms with Gasteiger partial charge >= 0.3 is 24.8 Å². The second-order valence-corrected chi connectivity index (χ2v) is 12.6. The zero-order valence-electron chi connectivity index (χ0n) is 29.2. The topological polar surface area (TPSA) is 24.7 Å². The molecule has 2 rings (SSSR count). The molecule has 0 saturated carbocycles. The van der Waals surface area contributed by atoms with E-state index in [-0.39, 0.29) is 0 Å². The summed E-state index contributed by atoms with van der Waals surface area (Å²) in [5.41, 5.74) is 10.7. The van der Waals surface area contributed by atoms with E-state index in [1.807, 2.05) is 6.21 Å². The number of hydrogen-bond acceptors (Lipinski definition) is 2. The first-order valence-electron chi connectivity index (χ1n) is 18.0. The monoisotopic (exact) mass is 665 g/mol. The van der Waals surface area contributed by atoms with Crippen LogP contribution in [0, 0.1) is 6.92 Å². The van der Waals surface area contributed by atoms with Crippen LogP contribution in [0.1, 0.15) is 165 Å². The van der Waals surface area contributed by atoms with Crippen LogP contribution in [-0.2, 0) is 40.3 Å². The van der Waals surface area contributed by atoms with Gasteiger partial charge in [-0.15, -0.1) is 0 Å². The predicted octanol–water partition coefficient (Wildman–Crippen LogP) is 13.7. The molecule has 251 valence electrons. The molecule has 0 aliphatic rings. The van der Waals surface area contributed by atoms with Crippen LogP contribution in [0.4, 0.5) is 11.4 Å². The number of halogens is 1. The Morgan fingerprint density at radius 1 is 0.591 bits per heavy atom. The Hall–Kier alpha value is -1.44. The van der Waals surface area contributed by atoms with Crippen LogP contribution in [-0.4, -0.2) is 11.9 Å². The zero-order chi connectivity index (χ0) is 32.4. The number of hydrogen-bond donors (Lipinski definition) is 0. The molecule has 2 aromatic rings. The van der Waals surface area contributed by atoms with Gasteiger partial charge in [-0.25, -0.2) is 0 Å². The number of nitrogens with zero attached hydrogens (tertiary/aromatic N) is 2. The molecule has 0 spiro atoms. The average Bonchev–Trinajstić information content (AvgIpc) is 3.03. The molecule has 2 nitrogen and oxygen atoms in total. The van der Waals surface area contributed by atoms with Gasteiger partial charge in [0, 0.05) is 6.21 Å². The molecule has 0 atom stereocenters. The third kappa shape index (κ3) is 17.3. The first kappa shape index (κ1) is 40.6. The fourth-order valence-electron chi connectivity index (χ4n) is 5.95. The number of aryl methyl sites for hydroxylation is 4. The SMILES string of the molecule is CCCCCCCCc1cc(N=CC(C)=Nc2cc(CCCC)c(CCCCCC)c(CCCCCC)c2)ccc1C.[Cl][Ni]. The summed E-state index contributed by atoms with van der Waals surface area (Å²) < 4.78 is 0. The first-order chi connectivity index (χ1) is 21.5. The number of unbranched alkanes of at least 4 members (excludes halogenated alkanes) is 12. The van der Waals surface area contributed by atoms with E-state index in [0.717, 1.165) is 23.5 Å². The molecule has 44 heavy (non-hydrogen) atoms. The van der Waals surface area contributed by atoms with Crippen LogP contribution in [0.15, 0.2) is 40.3 Å². The Balaban J connectivity index is 0.00000474. The number of rotatable bonds is 23. The zero-order valence-corrected chi connectivity index (χ0v) is 30.9. The van der Waals surface area contributed by atoms with Crippen molar-refractivity contribution in [2.75, 3.05) is 0 Å². The quantitative estimate of drug-likeness (QED) is 0.0640. The molecule has 4 heteroatoms. The van der Waals surface area contributed by atoms with Gasteiger partial charge in [0.15, 0.2) is 0 Å². The van der Waals surface area contributed by atoms with Gasteiger partial charge in [-0.1, -0.05) is 111 Å². The second kappa shape index (κ2) is 26.7. The summed E-state index contributed by atoms with van der Waals surface area (Å²) in [6, 6.07) is 11.5. The molecule has 0 aliphatic heterocycles. The Morgan fingerprint density at radius 2 is 1.05 bits per heavy atom. The molecule has 0 unspecified atom stereocenters. The van der Waals surface area contributed by atoms with Gasteiger partial charge < -0.3 is 0 Å². The fraction of sp³-hybridized carbons (Fsp3) is 0.650. The standard InChI is InChI=1S/C40H64N2.ClH.Ni/c1-7-11-15-18-19-21-24-35-29-38(28-27-33(35)5)41-32-34(6)42-39-30-36(23-14-10-4)40(26-22-17-13-9-3)37(31-39)25-20-16-12-8-2;;/h27-32H,7-26H2,1-6H3;1H;/q;;+1/p-1. The van der Waals surface area contributed by atoms with Gasteiger partial charge in [-0.2, -0.15) is 0 Å². The predicted molar refractivity (Wildman–Crippen MR) is 196 cm³/mol. The average molecular weight is 667 g/mol. The van der Waals surface area contributed by atoms with Crippen LogP contribution >= 0.6 is 10.2 Å². The van der Waals surface area contributed by atoms with Gasteiger partial charge in [-0.3, -0.25) is 9.98 Å². The van der Waals surface area contributed by atoms with E-state index >= 15 is 0 Å². The molecule has 0 aliphatic carbocycles. The number of benzene rings is 2. The summed E-state index contributed by atoms with van der Waals surface area (Å²) in [5, 5.41) is 0. The Bertz CT molecular complexity index is 1080. The van der Waals surface area contributed by atoms with Gasteiger partial charge in [0.2, 0.25) is 0 Å². The first-order valence-corrected chi connectivity index (χ1v) is 19.3. The molecule has 0 aromatic heterocycles. The van der Waals surface area contributed by atoms with Gasteiger partial charge in [-0.05, 0) is 117 Å². The van der Waals surface area contributed by atoms with Crippen LogP contribution in [0.25, 0.3) is 0 Å². The summed E-state index contributed by atoms with van der Waals surface area (Å²) in [5.74, 6) is 0. The van der Waals surface area contributed by atoms with Crippen molar-refractivity contribution in [3.63, 3.8) is 0 Å². The van der Waals surface area contributed by atoms with E-state index in [4.69, 9.17) is 9.98 Å². The summed E-state index contributed by atoms with van der Waals surface area (Å²) in [4.78, 5) is 9.95. The molecule has 2 aromatic carbocycles. The van der Waals surface area contributed by atoms with E-state index in [0.29, 0.717) is 0 Å². The summed E-state index contributed by atoms with van der Waals surface area (Å²) in [7, 11) is 4.26. The van der Waals surface area contributed by atoms with Crippen molar-refractivity contribution in [1.29, 1.82) is 0 Å². The third-order valence-corrected chi connectivity index (χ3v) is 8.64. The Labute approximate surface area is 285 Å². The van der Waals surface area contributed by atoms with Crippen molar-refractivity contribution in [3.05, 3.63) is 58.1 Å². The Kier molecular flexibility index (Phi) is 24.7. The normalized spacial score (nSPS) is 11.7. The molecule has 0 saturated heterocycles. The van der Waals surface area contributed by atoms with Crippen molar-refractivity contribution in [1.82, 2.24) is 0 Å². The maximum atomic E-state index is 5.09. The van der Waals surface area contributed by atoms with Gasteiger partial charge in [0.1, 0.15) is 0 Å². The fourth-order valence-corrected chi connectivity index (χ4v) is 5.95. The van der Waals surface area contributed by atoms with Gasteiger partial charge in [0.05, 0.1) is 17.1 Å². The second-order valence-electron chi connectivity index (χ2n) is 12.6. The van der Waals surface area contributed by atoms with Crippen molar-refractivity contribution in [3.8, 4) is 0 Å². The van der Waals surface area contributed by atoms with E-state index in [1.165, 1.54) is 133 Å². The molecule has 0 amide bonds. The maximum absolute atomic E-state index is 5.09. The van der Waals surface area contributed by atoms with Crippen LogP contribution < -0.4 is 0 Å². The van der Waals surface area contributed by atoms with Gasteiger partial charge in [0.25, 0.3) is 0 Å². The number of aliphatic imine (C=N–C) groups is 2. The van der Waals surface area contributed by atoms with Crippen molar-refractivity contribution in [2.24, 2.45) is 9.98 Å². The summed E-state index contributed by atoms with van der Waals surface area (Å²) >= 11 is 3.35. The molecule has 0 heterocycles. The molecule has 0 radical (unpaired) electrons. The van der Waals surface area contributed by atoms with E-state index < -0.39 is 0 Å². The molecular formula is C40H64ClN2Ni. The van der Waals surface area contributed by atoms with Crippen LogP contribution in [0.3, 0.4) is 0 Å². The van der Waals surface area contributed by atoms with Crippen molar-refractivity contribution < 1.29 is 14.6 Å². The van der Waals surface area contributed by atoms with E-state index in [2.05, 4.69) is 96.6 Å². The van der Waals surface area contributed by atoms with Crippen LogP contribution in [0.2, 0.25) is 0 Å². The minimum absolute atomic E-state index is 0.974. The molecular weight excluding hydrogens is 603 g/mol. The Morgan fingerprint density at radius 3 is 1.64 bits per heavy atom. The van der Waals surface area contributed by atoms with Crippen LogP contribution in [0.5, 0.6) is 0 Å². The van der Waals surface area contributed by atoms with Crippen molar-refractivity contribution in [2.45, 2.75) is 170 Å². The van der Waals surface area contributed by atoms with E-state index in [1.54, 1.807) is 16.7 Å². The summed E-state index contributed by atoms with van der Waals surface area (Å²) in [6.45, 7) is 13.5. The van der Waals surface area contributed by atoms with Crippen molar-refractivity contribution >= 4 is 33.5 Å². The molecule has 0 bridgehead atoms. The van der Waals surface area contributed by atoms with E-state index in [9.17, 15) is 0 Å². The molecule has 0 N–H and O–H groups in total. The summed E-state index contributed by atoms with van der Waals surface area (Å²) in [6.07, 6.45) is 27.7. The minimum atomic E-state index is 0.974. The molecule has 0 fully saturated rings.